The Hall–Kier alpha value is -2.21. The number of nitrogens with one attached hydrogen (secondary N) is 1. The number of amides is 2. The normalized spacial score (nSPS) is 15.9. The maximum absolute atomic E-state index is 13.2. The van der Waals surface area contributed by atoms with Crippen molar-refractivity contribution >= 4 is 23.2 Å². The highest BCUT2D eigenvalue weighted by molar-refractivity contribution is 7.11. The monoisotopic (exact) mass is 399 g/mol. The number of nitrogens with zero attached hydrogens (tertiary/aromatic N) is 2. The lowest BCUT2D eigenvalue weighted by atomic mass is 9.91. The fraction of sp³-hybridized carbons (Fsp3) is 0.500. The van der Waals surface area contributed by atoms with Crippen molar-refractivity contribution in [2.24, 2.45) is 0 Å². The molecule has 3 rings (SSSR count). The van der Waals surface area contributed by atoms with E-state index in [9.17, 15) is 9.59 Å². The van der Waals surface area contributed by atoms with Gasteiger partial charge in [0.2, 0.25) is 5.91 Å². The first-order valence-electron chi connectivity index (χ1n) is 9.94. The van der Waals surface area contributed by atoms with E-state index in [0.29, 0.717) is 11.3 Å². The molecule has 2 amide bonds. The van der Waals surface area contributed by atoms with Gasteiger partial charge in [-0.2, -0.15) is 0 Å². The molecule has 2 heterocycles. The number of hydrogen-bond acceptors (Lipinski definition) is 4. The minimum Gasteiger partial charge on any atom is -0.341 e. The van der Waals surface area contributed by atoms with Crippen LogP contribution in [0.4, 0.5) is 0 Å². The summed E-state index contributed by atoms with van der Waals surface area (Å²) in [4.78, 5) is 33.1. The smallest absolute Gasteiger partial charge is 0.263 e. The summed E-state index contributed by atoms with van der Waals surface area (Å²) < 4.78 is 0. The summed E-state index contributed by atoms with van der Waals surface area (Å²) in [6, 6.07) is 9.30. The Morgan fingerprint density at radius 2 is 1.82 bits per heavy atom. The Bertz CT molecular complexity index is 805. The molecule has 1 aromatic heterocycles. The zero-order valence-electron chi connectivity index (χ0n) is 16.9. The van der Waals surface area contributed by atoms with Gasteiger partial charge in [0.05, 0.1) is 11.2 Å². The van der Waals surface area contributed by atoms with Gasteiger partial charge in [-0.1, -0.05) is 51.1 Å². The van der Waals surface area contributed by atoms with Crippen LogP contribution in [0.5, 0.6) is 0 Å². The maximum Gasteiger partial charge on any atom is 0.263 e. The zero-order chi connectivity index (χ0) is 20.1. The van der Waals surface area contributed by atoms with Crippen molar-refractivity contribution in [2.45, 2.75) is 57.9 Å². The number of aromatic nitrogens is 1. The third kappa shape index (κ3) is 4.98. The van der Waals surface area contributed by atoms with E-state index in [4.69, 9.17) is 0 Å². The molecule has 5 nitrogen and oxygen atoms in total. The average molecular weight is 400 g/mol. The van der Waals surface area contributed by atoms with Crippen LogP contribution >= 0.6 is 11.3 Å². The molecule has 1 atom stereocenters. The zero-order valence-corrected chi connectivity index (χ0v) is 17.7. The second kappa shape index (κ2) is 8.86. The van der Waals surface area contributed by atoms with E-state index in [2.05, 4.69) is 10.3 Å². The van der Waals surface area contributed by atoms with E-state index in [-0.39, 0.29) is 17.2 Å². The molecular formula is C22H29N3O2S. The van der Waals surface area contributed by atoms with Crippen LogP contribution in [0.3, 0.4) is 0 Å². The molecule has 1 aliphatic rings. The summed E-state index contributed by atoms with van der Waals surface area (Å²) >= 11 is 1.33. The number of benzene rings is 1. The van der Waals surface area contributed by atoms with Gasteiger partial charge >= 0.3 is 0 Å². The molecule has 1 saturated heterocycles. The molecule has 6 heteroatoms. The van der Waals surface area contributed by atoms with E-state index in [1.165, 1.54) is 11.3 Å². The highest BCUT2D eigenvalue weighted by atomic mass is 32.1. The molecule has 1 aliphatic heterocycles. The Balaban J connectivity index is 1.81. The van der Waals surface area contributed by atoms with Crippen molar-refractivity contribution in [1.82, 2.24) is 15.2 Å². The van der Waals surface area contributed by atoms with Crippen LogP contribution in [0.1, 0.15) is 61.0 Å². The van der Waals surface area contributed by atoms with Gasteiger partial charge in [-0.25, -0.2) is 4.98 Å². The van der Waals surface area contributed by atoms with E-state index in [0.717, 1.165) is 43.6 Å². The van der Waals surface area contributed by atoms with Gasteiger partial charge < -0.3 is 10.2 Å². The summed E-state index contributed by atoms with van der Waals surface area (Å²) in [6.07, 6.45) is 3.71. The van der Waals surface area contributed by atoms with Crippen LogP contribution in [-0.4, -0.2) is 40.8 Å². The van der Waals surface area contributed by atoms with E-state index in [1.54, 1.807) is 5.51 Å². The summed E-state index contributed by atoms with van der Waals surface area (Å²) in [5.41, 5.74) is 3.30. The van der Waals surface area contributed by atoms with Crippen molar-refractivity contribution in [3.05, 3.63) is 52.0 Å². The Kier molecular flexibility index (Phi) is 6.50. The second-order valence-electron chi connectivity index (χ2n) is 8.38. The van der Waals surface area contributed by atoms with Crippen LogP contribution in [-0.2, 0) is 16.6 Å². The number of carbonyl (C=O) groups is 2. The number of hydrogen-bond donors (Lipinski definition) is 1. The van der Waals surface area contributed by atoms with Crippen molar-refractivity contribution in [1.29, 1.82) is 0 Å². The lowest BCUT2D eigenvalue weighted by Gasteiger charge is -2.31. The van der Waals surface area contributed by atoms with Crippen LogP contribution in [0, 0.1) is 0 Å². The molecule has 0 bridgehead atoms. The number of carbonyl (C=O) groups excluding carboxylic acids is 2. The molecule has 1 aromatic carbocycles. The first-order chi connectivity index (χ1) is 13.4. The van der Waals surface area contributed by atoms with E-state index >= 15 is 0 Å². The topological polar surface area (TPSA) is 62.3 Å². The van der Waals surface area contributed by atoms with Gasteiger partial charge in [0.1, 0.15) is 10.9 Å². The average Bonchev–Trinajstić information content (AvgIpc) is 3.19. The van der Waals surface area contributed by atoms with Gasteiger partial charge in [0, 0.05) is 24.9 Å². The van der Waals surface area contributed by atoms with Crippen LogP contribution < -0.4 is 5.32 Å². The van der Waals surface area contributed by atoms with Crippen LogP contribution in [0.25, 0.3) is 0 Å². The summed E-state index contributed by atoms with van der Waals surface area (Å²) in [6.45, 7) is 7.67. The summed E-state index contributed by atoms with van der Waals surface area (Å²) in [5.74, 6) is -0.197. The van der Waals surface area contributed by atoms with Crippen molar-refractivity contribution in [3.8, 4) is 0 Å². The Labute approximate surface area is 171 Å². The van der Waals surface area contributed by atoms with Crippen molar-refractivity contribution < 1.29 is 9.59 Å². The van der Waals surface area contributed by atoms with Crippen molar-refractivity contribution in [2.75, 3.05) is 13.1 Å². The fourth-order valence-corrected chi connectivity index (χ4v) is 4.45. The minimum absolute atomic E-state index is 0.0127. The van der Waals surface area contributed by atoms with Gasteiger partial charge in [0.15, 0.2) is 0 Å². The molecule has 28 heavy (non-hydrogen) atoms. The molecule has 1 fully saturated rings. The SMILES string of the molecule is CC(C)(C)c1ncsc1C(=O)NC(Cc1ccccc1)C(=O)N1CCCCC1. The molecule has 2 aromatic rings. The van der Waals surface area contributed by atoms with E-state index in [1.807, 2.05) is 56.0 Å². The van der Waals surface area contributed by atoms with Gasteiger partial charge in [-0.05, 0) is 24.8 Å². The third-order valence-corrected chi connectivity index (χ3v) is 5.86. The standard InChI is InChI=1S/C22H29N3O2S/c1-22(2,3)19-18(28-15-23-19)20(26)24-17(14-16-10-6-4-7-11-16)21(27)25-12-8-5-9-13-25/h4,6-7,10-11,15,17H,5,8-9,12-14H2,1-3H3,(H,24,26). The highest BCUT2D eigenvalue weighted by Crippen LogP contribution is 2.27. The Morgan fingerprint density at radius 1 is 1.14 bits per heavy atom. The first kappa shape index (κ1) is 20.5. The molecule has 150 valence electrons. The Morgan fingerprint density at radius 3 is 2.46 bits per heavy atom. The third-order valence-electron chi connectivity index (χ3n) is 5.04. The van der Waals surface area contributed by atoms with E-state index < -0.39 is 6.04 Å². The summed E-state index contributed by atoms with van der Waals surface area (Å²) in [7, 11) is 0. The number of likely N-dealkylation sites (tertiary alicyclic amines) is 1. The lowest BCUT2D eigenvalue weighted by molar-refractivity contribution is -0.134. The minimum atomic E-state index is -0.567. The second-order valence-corrected chi connectivity index (χ2v) is 9.24. The number of rotatable bonds is 5. The van der Waals surface area contributed by atoms with Gasteiger partial charge in [0.25, 0.3) is 5.91 Å². The molecule has 0 spiro atoms. The fourth-order valence-electron chi connectivity index (χ4n) is 3.55. The molecular weight excluding hydrogens is 370 g/mol. The number of piperidine rings is 1. The quantitative estimate of drug-likeness (QED) is 0.832. The lowest BCUT2D eigenvalue weighted by Crippen LogP contribution is -2.51. The van der Waals surface area contributed by atoms with Gasteiger partial charge in [-0.15, -0.1) is 11.3 Å². The molecule has 1 unspecified atom stereocenters. The predicted molar refractivity (Wildman–Crippen MR) is 113 cm³/mol. The predicted octanol–water partition coefficient (Wildman–Crippen LogP) is 3.79. The molecule has 0 saturated carbocycles. The molecule has 0 aliphatic carbocycles. The van der Waals surface area contributed by atoms with Crippen LogP contribution in [0.15, 0.2) is 35.8 Å². The molecule has 1 N–H and O–H groups in total. The van der Waals surface area contributed by atoms with Crippen LogP contribution in [0.2, 0.25) is 0 Å². The summed E-state index contributed by atoms with van der Waals surface area (Å²) in [5, 5.41) is 3.02. The van der Waals surface area contributed by atoms with Crippen molar-refractivity contribution in [3.63, 3.8) is 0 Å². The number of thiazole rings is 1. The largest absolute Gasteiger partial charge is 0.341 e. The first-order valence-corrected chi connectivity index (χ1v) is 10.8. The maximum atomic E-state index is 13.2. The highest BCUT2D eigenvalue weighted by Gasteiger charge is 2.30. The molecule has 0 radical (unpaired) electrons. The van der Waals surface area contributed by atoms with Gasteiger partial charge in [-0.3, -0.25) is 9.59 Å².